The number of carbonyl (C=O) groups is 3. The molecule has 1 aliphatic rings. The molecule has 3 aromatic rings. The summed E-state index contributed by atoms with van der Waals surface area (Å²) in [7, 11) is 0. The van der Waals surface area contributed by atoms with Gasteiger partial charge >= 0.3 is 0 Å². The van der Waals surface area contributed by atoms with Crippen molar-refractivity contribution < 1.29 is 23.9 Å². The third-order valence-corrected chi connectivity index (χ3v) is 5.43. The fourth-order valence-electron chi connectivity index (χ4n) is 3.65. The molecule has 0 aromatic heterocycles. The monoisotopic (exact) mass is 458 g/mol. The van der Waals surface area contributed by atoms with Gasteiger partial charge in [0.2, 0.25) is 0 Å². The SMILES string of the molecule is CCCNC(=O)C1CN(C(=O)COc2ccc(C(=O)c3ccccc3)cc2)c2ccccc2O1. The van der Waals surface area contributed by atoms with E-state index in [2.05, 4.69) is 5.32 Å². The summed E-state index contributed by atoms with van der Waals surface area (Å²) in [5.74, 6) is 0.307. The number of fused-ring (bicyclic) bond motifs is 1. The second-order valence-corrected chi connectivity index (χ2v) is 7.88. The Balaban J connectivity index is 1.41. The van der Waals surface area contributed by atoms with Gasteiger partial charge in [0, 0.05) is 17.7 Å². The molecule has 7 nitrogen and oxygen atoms in total. The van der Waals surface area contributed by atoms with Crippen molar-refractivity contribution in [1.29, 1.82) is 0 Å². The lowest BCUT2D eigenvalue weighted by molar-refractivity contribution is -0.128. The smallest absolute Gasteiger partial charge is 0.265 e. The standard InChI is InChI=1S/C27H26N2O5/c1-2-16-28-27(32)24-17-29(22-10-6-7-11-23(22)34-24)25(30)18-33-21-14-12-20(13-15-21)26(31)19-8-4-3-5-9-19/h3-15,24H,2,16-18H2,1H3,(H,28,32). The minimum atomic E-state index is -0.798. The van der Waals surface area contributed by atoms with Crippen LogP contribution in [0.1, 0.15) is 29.3 Å². The summed E-state index contributed by atoms with van der Waals surface area (Å²) >= 11 is 0. The Morgan fingerprint density at radius 2 is 1.62 bits per heavy atom. The van der Waals surface area contributed by atoms with E-state index in [1.54, 1.807) is 54.6 Å². The molecule has 1 aliphatic heterocycles. The molecule has 0 fully saturated rings. The second kappa shape index (κ2) is 10.7. The molecule has 174 valence electrons. The molecule has 2 amide bonds. The number of hydrogen-bond acceptors (Lipinski definition) is 5. The van der Waals surface area contributed by atoms with Gasteiger partial charge in [-0.2, -0.15) is 0 Å². The maximum absolute atomic E-state index is 13.0. The van der Waals surface area contributed by atoms with E-state index >= 15 is 0 Å². The predicted molar refractivity (Wildman–Crippen MR) is 128 cm³/mol. The highest BCUT2D eigenvalue weighted by Gasteiger charge is 2.33. The van der Waals surface area contributed by atoms with Crippen LogP contribution in [0.3, 0.4) is 0 Å². The van der Waals surface area contributed by atoms with E-state index in [4.69, 9.17) is 9.47 Å². The van der Waals surface area contributed by atoms with Gasteiger partial charge in [0.15, 0.2) is 18.5 Å². The summed E-state index contributed by atoms with van der Waals surface area (Å²) < 4.78 is 11.5. The highest BCUT2D eigenvalue weighted by molar-refractivity contribution is 6.09. The predicted octanol–water partition coefficient (Wildman–Crippen LogP) is 3.62. The number of nitrogens with one attached hydrogen (secondary N) is 1. The van der Waals surface area contributed by atoms with Crippen LogP contribution in [0, 0.1) is 0 Å². The Bertz CT molecular complexity index is 1160. The van der Waals surface area contributed by atoms with Crippen LogP contribution in [0.2, 0.25) is 0 Å². The average molecular weight is 459 g/mol. The minimum Gasteiger partial charge on any atom is -0.484 e. The van der Waals surface area contributed by atoms with Gasteiger partial charge in [0.25, 0.3) is 11.8 Å². The van der Waals surface area contributed by atoms with Crippen LogP contribution in [0.5, 0.6) is 11.5 Å². The first-order chi connectivity index (χ1) is 16.6. The van der Waals surface area contributed by atoms with Crippen molar-refractivity contribution in [3.63, 3.8) is 0 Å². The molecular weight excluding hydrogens is 432 g/mol. The lowest BCUT2D eigenvalue weighted by Gasteiger charge is -2.34. The average Bonchev–Trinajstić information content (AvgIpc) is 2.90. The molecule has 0 aliphatic carbocycles. The lowest BCUT2D eigenvalue weighted by Crippen LogP contribution is -2.51. The number of hydrogen-bond donors (Lipinski definition) is 1. The van der Waals surface area contributed by atoms with Gasteiger partial charge in [0.1, 0.15) is 11.5 Å². The van der Waals surface area contributed by atoms with Crippen molar-refractivity contribution in [2.75, 3.05) is 24.6 Å². The first kappa shape index (κ1) is 23.0. The van der Waals surface area contributed by atoms with Crippen molar-refractivity contribution in [2.24, 2.45) is 0 Å². The van der Waals surface area contributed by atoms with E-state index in [9.17, 15) is 14.4 Å². The Hall–Kier alpha value is -4.13. The number of benzene rings is 3. The third-order valence-electron chi connectivity index (χ3n) is 5.43. The normalized spacial score (nSPS) is 14.5. The topological polar surface area (TPSA) is 84.9 Å². The zero-order valence-electron chi connectivity index (χ0n) is 18.9. The molecule has 1 heterocycles. The highest BCUT2D eigenvalue weighted by Crippen LogP contribution is 2.33. The van der Waals surface area contributed by atoms with Gasteiger partial charge in [0.05, 0.1) is 12.2 Å². The highest BCUT2D eigenvalue weighted by atomic mass is 16.5. The quantitative estimate of drug-likeness (QED) is 0.521. The van der Waals surface area contributed by atoms with E-state index < -0.39 is 6.10 Å². The number of carbonyl (C=O) groups excluding carboxylic acids is 3. The summed E-state index contributed by atoms with van der Waals surface area (Å²) in [6.07, 6.45) is 0.00930. The lowest BCUT2D eigenvalue weighted by atomic mass is 10.0. The molecule has 0 radical (unpaired) electrons. The van der Waals surface area contributed by atoms with E-state index in [1.807, 2.05) is 31.2 Å². The van der Waals surface area contributed by atoms with Crippen LogP contribution in [-0.2, 0) is 9.59 Å². The second-order valence-electron chi connectivity index (χ2n) is 7.88. The Labute approximate surface area is 198 Å². The number of amides is 2. The Kier molecular flexibility index (Phi) is 7.22. The summed E-state index contributed by atoms with van der Waals surface area (Å²) in [6, 6.07) is 22.8. The van der Waals surface area contributed by atoms with E-state index in [-0.39, 0.29) is 30.7 Å². The maximum atomic E-state index is 13.0. The van der Waals surface area contributed by atoms with Crippen molar-refractivity contribution >= 4 is 23.3 Å². The molecule has 0 bridgehead atoms. The molecule has 1 N–H and O–H groups in total. The number of anilines is 1. The molecule has 0 saturated carbocycles. The number of ketones is 1. The van der Waals surface area contributed by atoms with Crippen molar-refractivity contribution in [2.45, 2.75) is 19.4 Å². The molecule has 7 heteroatoms. The Morgan fingerprint density at radius 3 is 2.35 bits per heavy atom. The molecular formula is C27H26N2O5. The van der Waals surface area contributed by atoms with Crippen molar-refractivity contribution in [3.05, 3.63) is 90.0 Å². The van der Waals surface area contributed by atoms with Crippen LogP contribution in [0.25, 0.3) is 0 Å². The molecule has 3 aromatic carbocycles. The van der Waals surface area contributed by atoms with Gasteiger partial charge in [-0.05, 0) is 42.8 Å². The molecule has 34 heavy (non-hydrogen) atoms. The number of para-hydroxylation sites is 2. The maximum Gasteiger partial charge on any atom is 0.265 e. The van der Waals surface area contributed by atoms with Crippen molar-refractivity contribution in [1.82, 2.24) is 5.32 Å². The van der Waals surface area contributed by atoms with E-state index in [1.165, 1.54) is 4.90 Å². The van der Waals surface area contributed by atoms with Crippen LogP contribution < -0.4 is 19.7 Å². The minimum absolute atomic E-state index is 0.0828. The van der Waals surface area contributed by atoms with Crippen LogP contribution in [0.15, 0.2) is 78.9 Å². The van der Waals surface area contributed by atoms with Gasteiger partial charge in [-0.3, -0.25) is 14.4 Å². The zero-order valence-corrected chi connectivity index (χ0v) is 18.9. The van der Waals surface area contributed by atoms with Crippen LogP contribution >= 0.6 is 0 Å². The fourth-order valence-corrected chi connectivity index (χ4v) is 3.65. The molecule has 1 atom stereocenters. The first-order valence-corrected chi connectivity index (χ1v) is 11.2. The van der Waals surface area contributed by atoms with Gasteiger partial charge in [-0.1, -0.05) is 49.4 Å². The molecule has 0 saturated heterocycles. The van der Waals surface area contributed by atoms with E-state index in [0.717, 1.165) is 6.42 Å². The molecule has 1 unspecified atom stereocenters. The summed E-state index contributed by atoms with van der Waals surface area (Å²) in [5.41, 5.74) is 1.74. The first-order valence-electron chi connectivity index (χ1n) is 11.2. The van der Waals surface area contributed by atoms with Gasteiger partial charge < -0.3 is 19.7 Å². The van der Waals surface area contributed by atoms with Gasteiger partial charge in [-0.25, -0.2) is 0 Å². The largest absolute Gasteiger partial charge is 0.484 e. The number of ether oxygens (including phenoxy) is 2. The number of nitrogens with zero attached hydrogens (tertiary/aromatic N) is 1. The zero-order chi connectivity index (χ0) is 23.9. The van der Waals surface area contributed by atoms with Gasteiger partial charge in [-0.15, -0.1) is 0 Å². The fraction of sp³-hybridized carbons (Fsp3) is 0.222. The van der Waals surface area contributed by atoms with E-state index in [0.29, 0.717) is 34.9 Å². The van der Waals surface area contributed by atoms with Crippen LogP contribution in [0.4, 0.5) is 5.69 Å². The summed E-state index contributed by atoms with van der Waals surface area (Å²) in [5, 5.41) is 2.82. The Morgan fingerprint density at radius 1 is 0.941 bits per heavy atom. The number of rotatable bonds is 8. The molecule has 4 rings (SSSR count). The van der Waals surface area contributed by atoms with Crippen molar-refractivity contribution in [3.8, 4) is 11.5 Å². The summed E-state index contributed by atoms with van der Waals surface area (Å²) in [4.78, 5) is 39.6. The molecule has 0 spiro atoms. The third kappa shape index (κ3) is 5.26. The van der Waals surface area contributed by atoms with Crippen LogP contribution in [-0.4, -0.2) is 43.4 Å². The summed E-state index contributed by atoms with van der Waals surface area (Å²) in [6.45, 7) is 2.39.